The zero-order valence-corrected chi connectivity index (χ0v) is 16.8. The molecule has 1 unspecified atom stereocenters. The second-order valence-corrected chi connectivity index (χ2v) is 6.20. The molecular formula is C16H26Cl2N6O2. The number of nitrogens with zero attached hydrogens (tertiary/aromatic N) is 5. The molecule has 1 atom stereocenters. The summed E-state index contributed by atoms with van der Waals surface area (Å²) in [6.45, 7) is 5.76. The van der Waals surface area contributed by atoms with Gasteiger partial charge in [-0.25, -0.2) is 0 Å². The van der Waals surface area contributed by atoms with Gasteiger partial charge in [0.25, 0.3) is 0 Å². The van der Waals surface area contributed by atoms with E-state index in [1.165, 1.54) is 0 Å². The van der Waals surface area contributed by atoms with Crippen LogP contribution in [0.2, 0.25) is 0 Å². The van der Waals surface area contributed by atoms with Gasteiger partial charge in [0, 0.05) is 57.6 Å². The molecule has 2 aromatic heterocycles. The number of carbonyl (C=O) groups excluding carboxylic acids is 1. The lowest BCUT2D eigenvalue weighted by Crippen LogP contribution is -2.51. The maximum absolute atomic E-state index is 12.8. The van der Waals surface area contributed by atoms with Crippen LogP contribution in [0.5, 0.6) is 0 Å². The summed E-state index contributed by atoms with van der Waals surface area (Å²) in [6, 6.07) is 1.61. The van der Waals surface area contributed by atoms with Gasteiger partial charge in [-0.3, -0.25) is 14.4 Å². The first-order chi connectivity index (χ1) is 11.6. The summed E-state index contributed by atoms with van der Waals surface area (Å²) < 4.78 is 6.82. The number of rotatable bonds is 5. The molecule has 26 heavy (non-hydrogen) atoms. The summed E-state index contributed by atoms with van der Waals surface area (Å²) in [5, 5.41) is 11.3. The first-order valence-electron chi connectivity index (χ1n) is 8.16. The van der Waals surface area contributed by atoms with Gasteiger partial charge in [-0.1, -0.05) is 5.16 Å². The molecule has 0 saturated carbocycles. The Labute approximate surface area is 165 Å². The highest BCUT2D eigenvalue weighted by atomic mass is 35.5. The Bertz CT molecular complexity index is 696. The highest BCUT2D eigenvalue weighted by Gasteiger charge is 2.28. The van der Waals surface area contributed by atoms with E-state index >= 15 is 0 Å². The van der Waals surface area contributed by atoms with Crippen molar-refractivity contribution in [2.75, 3.05) is 33.2 Å². The predicted molar refractivity (Wildman–Crippen MR) is 103 cm³/mol. The normalized spacial score (nSPS) is 15.9. The molecule has 0 aliphatic carbocycles. The number of nitrogens with one attached hydrogen (secondary N) is 1. The topological polar surface area (TPSA) is 79.4 Å². The van der Waals surface area contributed by atoms with E-state index in [0.29, 0.717) is 13.1 Å². The van der Waals surface area contributed by atoms with Crippen LogP contribution in [0.1, 0.15) is 23.1 Å². The molecule has 0 bridgehead atoms. The van der Waals surface area contributed by atoms with E-state index < -0.39 is 0 Å². The Morgan fingerprint density at radius 1 is 1.31 bits per heavy atom. The van der Waals surface area contributed by atoms with Crippen LogP contribution in [-0.2, 0) is 18.4 Å². The van der Waals surface area contributed by atoms with Gasteiger partial charge in [-0.2, -0.15) is 5.10 Å². The fourth-order valence-electron chi connectivity index (χ4n) is 3.05. The van der Waals surface area contributed by atoms with E-state index in [0.717, 1.165) is 36.7 Å². The number of carbonyl (C=O) groups is 1. The van der Waals surface area contributed by atoms with Crippen molar-refractivity contribution in [2.45, 2.75) is 19.5 Å². The molecule has 3 heterocycles. The average Bonchev–Trinajstić information content (AvgIpc) is 3.17. The Kier molecular flexibility index (Phi) is 8.55. The van der Waals surface area contributed by atoms with Crippen LogP contribution >= 0.6 is 24.8 Å². The van der Waals surface area contributed by atoms with E-state index in [4.69, 9.17) is 4.52 Å². The number of likely N-dealkylation sites (N-methyl/N-ethyl adjacent to an activating group) is 1. The quantitative estimate of drug-likeness (QED) is 0.805. The van der Waals surface area contributed by atoms with E-state index in [2.05, 4.69) is 20.5 Å². The third kappa shape index (κ3) is 5.20. The number of aromatic nitrogens is 3. The molecule has 1 fully saturated rings. The number of amides is 1. The molecule has 3 rings (SSSR count). The summed E-state index contributed by atoms with van der Waals surface area (Å²) in [4.78, 5) is 17.0. The number of hydrogen-bond donors (Lipinski definition) is 1. The van der Waals surface area contributed by atoms with Gasteiger partial charge in [0.2, 0.25) is 5.91 Å². The Balaban J connectivity index is 0.00000169. The molecule has 1 N–H and O–H groups in total. The first-order valence-corrected chi connectivity index (χ1v) is 8.16. The van der Waals surface area contributed by atoms with Crippen molar-refractivity contribution in [1.29, 1.82) is 0 Å². The standard InChI is InChI=1S/C16H24N6O2.2ClH/c1-12-8-14(19-24-12)11-21-4-6-22(7-5-21)16(23)15(17-2)13-9-18-20(3)10-13;;/h8-10,15,17H,4-7,11H2,1-3H3;2*1H. The largest absolute Gasteiger partial charge is 0.361 e. The summed E-state index contributed by atoms with van der Waals surface area (Å²) >= 11 is 0. The average molecular weight is 405 g/mol. The van der Waals surface area contributed by atoms with Gasteiger partial charge < -0.3 is 14.7 Å². The van der Waals surface area contributed by atoms with Gasteiger partial charge >= 0.3 is 0 Å². The van der Waals surface area contributed by atoms with Gasteiger partial charge in [0.05, 0.1) is 11.9 Å². The highest BCUT2D eigenvalue weighted by molar-refractivity contribution is 5.85. The lowest BCUT2D eigenvalue weighted by atomic mass is 10.1. The maximum Gasteiger partial charge on any atom is 0.244 e. The molecule has 146 valence electrons. The second-order valence-electron chi connectivity index (χ2n) is 6.20. The molecular weight excluding hydrogens is 379 g/mol. The second kappa shape index (κ2) is 9.91. The van der Waals surface area contributed by atoms with Crippen molar-refractivity contribution in [2.24, 2.45) is 7.05 Å². The molecule has 8 nitrogen and oxygen atoms in total. The van der Waals surface area contributed by atoms with Crippen LogP contribution in [0.4, 0.5) is 0 Å². The molecule has 0 spiro atoms. The van der Waals surface area contributed by atoms with Crippen LogP contribution < -0.4 is 5.32 Å². The first kappa shape index (κ1) is 22.4. The van der Waals surface area contributed by atoms with Gasteiger partial charge in [-0.05, 0) is 14.0 Å². The number of hydrogen-bond acceptors (Lipinski definition) is 6. The van der Waals surface area contributed by atoms with Crippen molar-refractivity contribution >= 4 is 30.7 Å². The fraction of sp³-hybridized carbons (Fsp3) is 0.562. The smallest absolute Gasteiger partial charge is 0.244 e. The van der Waals surface area contributed by atoms with Crippen LogP contribution in [0.25, 0.3) is 0 Å². The van der Waals surface area contributed by atoms with Crippen molar-refractivity contribution in [1.82, 2.24) is 30.1 Å². The van der Waals surface area contributed by atoms with Crippen molar-refractivity contribution < 1.29 is 9.32 Å². The SMILES string of the molecule is CNC(C(=O)N1CCN(Cc2cc(C)on2)CC1)c1cnn(C)c1.Cl.Cl. The molecule has 0 radical (unpaired) electrons. The molecule has 1 aliphatic heterocycles. The minimum absolute atomic E-state index is 0. The zero-order valence-electron chi connectivity index (χ0n) is 15.2. The lowest BCUT2D eigenvalue weighted by Gasteiger charge is -2.35. The minimum atomic E-state index is -0.344. The minimum Gasteiger partial charge on any atom is -0.361 e. The van der Waals surface area contributed by atoms with E-state index in [1.807, 2.05) is 31.1 Å². The summed E-state index contributed by atoms with van der Waals surface area (Å²) in [5.41, 5.74) is 1.83. The van der Waals surface area contributed by atoms with Gasteiger partial charge in [0.1, 0.15) is 11.8 Å². The molecule has 1 saturated heterocycles. The van der Waals surface area contributed by atoms with Crippen molar-refractivity contribution in [3.8, 4) is 0 Å². The summed E-state index contributed by atoms with van der Waals surface area (Å²) in [7, 11) is 3.66. The number of piperazine rings is 1. The molecule has 1 amide bonds. The molecule has 2 aromatic rings. The molecule has 1 aliphatic rings. The van der Waals surface area contributed by atoms with Crippen LogP contribution in [0, 0.1) is 6.92 Å². The third-order valence-corrected chi connectivity index (χ3v) is 4.34. The Morgan fingerprint density at radius 2 is 2.00 bits per heavy atom. The zero-order chi connectivity index (χ0) is 17.1. The summed E-state index contributed by atoms with van der Waals surface area (Å²) in [6.07, 6.45) is 3.62. The molecule has 0 aromatic carbocycles. The van der Waals surface area contributed by atoms with Crippen LogP contribution in [0.3, 0.4) is 0 Å². The summed E-state index contributed by atoms with van der Waals surface area (Å²) in [5.74, 6) is 0.926. The van der Waals surface area contributed by atoms with E-state index in [9.17, 15) is 4.79 Å². The van der Waals surface area contributed by atoms with Crippen molar-refractivity contribution in [3.05, 3.63) is 35.5 Å². The predicted octanol–water partition coefficient (Wildman–Crippen LogP) is 1.17. The Morgan fingerprint density at radius 3 is 2.50 bits per heavy atom. The number of aryl methyl sites for hydroxylation is 2. The van der Waals surface area contributed by atoms with Crippen molar-refractivity contribution in [3.63, 3.8) is 0 Å². The Hall–Kier alpha value is -1.61. The number of halogens is 2. The maximum atomic E-state index is 12.8. The van der Waals surface area contributed by atoms with E-state index in [1.54, 1.807) is 17.9 Å². The fourth-order valence-corrected chi connectivity index (χ4v) is 3.05. The molecule has 10 heteroatoms. The monoisotopic (exact) mass is 404 g/mol. The highest BCUT2D eigenvalue weighted by Crippen LogP contribution is 2.17. The van der Waals surface area contributed by atoms with E-state index in [-0.39, 0.29) is 36.8 Å². The van der Waals surface area contributed by atoms with Crippen LogP contribution in [0.15, 0.2) is 23.0 Å². The van der Waals surface area contributed by atoms with Gasteiger partial charge in [0.15, 0.2) is 0 Å². The third-order valence-electron chi connectivity index (χ3n) is 4.34. The lowest BCUT2D eigenvalue weighted by molar-refractivity contribution is -0.135. The van der Waals surface area contributed by atoms with Crippen LogP contribution in [-0.4, -0.2) is 63.9 Å². The van der Waals surface area contributed by atoms with Gasteiger partial charge in [-0.15, -0.1) is 24.8 Å².